The Morgan fingerprint density at radius 2 is 1.92 bits per heavy atom. The van der Waals surface area contributed by atoms with Gasteiger partial charge in [-0.15, -0.1) is 0 Å². The predicted molar refractivity (Wildman–Crippen MR) is 93.4 cm³/mol. The smallest absolute Gasteiger partial charge is 0.340 e. The van der Waals surface area contributed by atoms with Crippen LogP contribution in [0.25, 0.3) is 10.9 Å². The van der Waals surface area contributed by atoms with Gasteiger partial charge in [0.05, 0.1) is 17.9 Å². The van der Waals surface area contributed by atoms with Crippen LogP contribution in [0.3, 0.4) is 0 Å². The summed E-state index contributed by atoms with van der Waals surface area (Å²) >= 11 is 0. The average molecular weight is 322 g/mol. The molecule has 0 aliphatic carbocycles. The molecule has 0 aliphatic heterocycles. The molecule has 3 rings (SSSR count). The molecule has 0 fully saturated rings. The van der Waals surface area contributed by atoms with Crippen molar-refractivity contribution in [1.82, 2.24) is 4.98 Å². The monoisotopic (exact) mass is 322 g/mol. The van der Waals surface area contributed by atoms with E-state index in [-0.39, 0.29) is 12.5 Å². The number of carbonyl (C=O) groups is 2. The number of hydrogen-bond acceptors (Lipinski definition) is 3. The SMILES string of the molecule is CCOC(=O)c1ccccc1NC(=O)c1cc2ccc(C)cc2[nH]1. The lowest BCUT2D eigenvalue weighted by Crippen LogP contribution is -2.16. The van der Waals surface area contributed by atoms with Crippen molar-refractivity contribution in [2.45, 2.75) is 13.8 Å². The van der Waals surface area contributed by atoms with Crippen molar-refractivity contribution in [3.8, 4) is 0 Å². The molecule has 0 saturated heterocycles. The Morgan fingerprint density at radius 1 is 1.12 bits per heavy atom. The minimum absolute atomic E-state index is 0.280. The molecular weight excluding hydrogens is 304 g/mol. The van der Waals surface area contributed by atoms with Crippen molar-refractivity contribution in [3.63, 3.8) is 0 Å². The van der Waals surface area contributed by atoms with E-state index in [4.69, 9.17) is 4.74 Å². The second kappa shape index (κ2) is 6.58. The van der Waals surface area contributed by atoms with E-state index in [1.807, 2.05) is 25.1 Å². The van der Waals surface area contributed by atoms with Crippen LogP contribution in [0.2, 0.25) is 0 Å². The van der Waals surface area contributed by atoms with Gasteiger partial charge in [-0.2, -0.15) is 0 Å². The first-order valence-corrected chi connectivity index (χ1v) is 7.75. The van der Waals surface area contributed by atoms with Gasteiger partial charge in [-0.1, -0.05) is 24.3 Å². The molecule has 0 atom stereocenters. The molecule has 1 amide bonds. The molecule has 0 bridgehead atoms. The number of amides is 1. The van der Waals surface area contributed by atoms with Crippen molar-refractivity contribution >= 4 is 28.5 Å². The molecule has 0 saturated carbocycles. The summed E-state index contributed by atoms with van der Waals surface area (Å²) in [5.74, 6) is -0.763. The van der Waals surface area contributed by atoms with E-state index in [1.165, 1.54) is 0 Å². The Kier molecular flexibility index (Phi) is 4.33. The zero-order valence-corrected chi connectivity index (χ0v) is 13.6. The zero-order chi connectivity index (χ0) is 17.1. The van der Waals surface area contributed by atoms with Crippen molar-refractivity contribution < 1.29 is 14.3 Å². The third kappa shape index (κ3) is 3.15. The maximum Gasteiger partial charge on any atom is 0.340 e. The van der Waals surface area contributed by atoms with Gasteiger partial charge in [-0.3, -0.25) is 4.79 Å². The first kappa shape index (κ1) is 15.8. The second-order valence-corrected chi connectivity index (χ2v) is 5.49. The highest BCUT2D eigenvalue weighted by Gasteiger charge is 2.16. The van der Waals surface area contributed by atoms with E-state index in [1.54, 1.807) is 37.3 Å². The molecule has 3 aromatic rings. The number of esters is 1. The van der Waals surface area contributed by atoms with Crippen LogP contribution in [0.5, 0.6) is 0 Å². The van der Waals surface area contributed by atoms with E-state index in [9.17, 15) is 9.59 Å². The van der Waals surface area contributed by atoms with Crippen LogP contribution in [0.4, 0.5) is 5.69 Å². The van der Waals surface area contributed by atoms with E-state index >= 15 is 0 Å². The highest BCUT2D eigenvalue weighted by atomic mass is 16.5. The fourth-order valence-electron chi connectivity index (χ4n) is 2.53. The van der Waals surface area contributed by atoms with Gasteiger partial charge >= 0.3 is 5.97 Å². The normalized spacial score (nSPS) is 10.6. The van der Waals surface area contributed by atoms with Crippen molar-refractivity contribution in [2.24, 2.45) is 0 Å². The van der Waals surface area contributed by atoms with E-state index in [2.05, 4.69) is 10.3 Å². The average Bonchev–Trinajstić information content (AvgIpc) is 2.98. The largest absolute Gasteiger partial charge is 0.462 e. The second-order valence-electron chi connectivity index (χ2n) is 5.49. The zero-order valence-electron chi connectivity index (χ0n) is 13.6. The molecule has 122 valence electrons. The van der Waals surface area contributed by atoms with E-state index in [0.29, 0.717) is 16.9 Å². The molecule has 2 aromatic carbocycles. The van der Waals surface area contributed by atoms with Crippen LogP contribution in [-0.2, 0) is 4.74 Å². The molecule has 1 heterocycles. The van der Waals surface area contributed by atoms with Crippen LogP contribution >= 0.6 is 0 Å². The standard InChI is InChI=1S/C19H18N2O3/c1-3-24-19(23)14-6-4-5-7-15(14)21-18(22)17-11-13-9-8-12(2)10-16(13)20-17/h4-11,20H,3H2,1-2H3,(H,21,22). The third-order valence-corrected chi connectivity index (χ3v) is 3.69. The summed E-state index contributed by atoms with van der Waals surface area (Å²) in [5.41, 5.74) is 3.22. The molecule has 5 nitrogen and oxygen atoms in total. The number of ether oxygens (including phenoxy) is 1. The molecule has 2 N–H and O–H groups in total. The van der Waals surface area contributed by atoms with Crippen LogP contribution in [0, 0.1) is 6.92 Å². The van der Waals surface area contributed by atoms with Gasteiger partial charge in [-0.05, 0) is 43.7 Å². The summed E-state index contributed by atoms with van der Waals surface area (Å²) in [6.07, 6.45) is 0. The maximum atomic E-state index is 12.5. The van der Waals surface area contributed by atoms with Gasteiger partial charge < -0.3 is 15.0 Å². The number of carbonyl (C=O) groups excluding carboxylic acids is 2. The third-order valence-electron chi connectivity index (χ3n) is 3.69. The van der Waals surface area contributed by atoms with E-state index < -0.39 is 5.97 Å². The summed E-state index contributed by atoms with van der Waals surface area (Å²) in [6.45, 7) is 4.02. The predicted octanol–water partition coefficient (Wildman–Crippen LogP) is 3.91. The molecular formula is C19H18N2O3. The molecule has 0 aliphatic rings. The van der Waals surface area contributed by atoms with Crippen LogP contribution < -0.4 is 5.32 Å². The minimum Gasteiger partial charge on any atom is -0.462 e. The number of benzene rings is 2. The highest BCUT2D eigenvalue weighted by molar-refractivity contribution is 6.09. The Labute approximate surface area is 139 Å². The van der Waals surface area contributed by atoms with Gasteiger partial charge in [0, 0.05) is 10.9 Å². The van der Waals surface area contributed by atoms with Gasteiger partial charge in [0.1, 0.15) is 5.69 Å². The Balaban J connectivity index is 1.87. The number of fused-ring (bicyclic) bond motifs is 1. The number of aromatic amines is 1. The lowest BCUT2D eigenvalue weighted by molar-refractivity contribution is 0.0527. The quantitative estimate of drug-likeness (QED) is 0.716. The highest BCUT2D eigenvalue weighted by Crippen LogP contribution is 2.20. The molecule has 1 aromatic heterocycles. The number of para-hydroxylation sites is 1. The summed E-state index contributed by atoms with van der Waals surface area (Å²) in [7, 11) is 0. The van der Waals surface area contributed by atoms with Gasteiger partial charge in [-0.25, -0.2) is 4.79 Å². The van der Waals surface area contributed by atoms with Crippen LogP contribution in [-0.4, -0.2) is 23.5 Å². The Bertz CT molecular complexity index is 912. The lowest BCUT2D eigenvalue weighted by atomic mass is 10.1. The number of hydrogen-bond donors (Lipinski definition) is 2. The number of H-pyrrole nitrogens is 1. The van der Waals surface area contributed by atoms with Crippen LogP contribution in [0.15, 0.2) is 48.5 Å². The molecule has 0 unspecified atom stereocenters. The minimum atomic E-state index is -0.458. The fraction of sp³-hybridized carbons (Fsp3) is 0.158. The van der Waals surface area contributed by atoms with Gasteiger partial charge in [0.15, 0.2) is 0 Å². The van der Waals surface area contributed by atoms with Crippen molar-refractivity contribution in [1.29, 1.82) is 0 Å². The molecule has 0 spiro atoms. The first-order chi connectivity index (χ1) is 11.6. The Hall–Kier alpha value is -3.08. The number of aromatic nitrogens is 1. The number of rotatable bonds is 4. The van der Waals surface area contributed by atoms with E-state index in [0.717, 1.165) is 16.5 Å². The van der Waals surface area contributed by atoms with Crippen molar-refractivity contribution in [2.75, 3.05) is 11.9 Å². The summed E-state index contributed by atoms with van der Waals surface area (Å²) in [5, 5.41) is 3.73. The summed E-state index contributed by atoms with van der Waals surface area (Å²) in [4.78, 5) is 27.6. The van der Waals surface area contributed by atoms with Crippen molar-refractivity contribution in [3.05, 3.63) is 65.4 Å². The van der Waals surface area contributed by atoms with Gasteiger partial charge in [0.25, 0.3) is 5.91 Å². The maximum absolute atomic E-state index is 12.5. The number of anilines is 1. The molecule has 24 heavy (non-hydrogen) atoms. The summed E-state index contributed by atoms with van der Waals surface area (Å²) in [6, 6.07) is 14.5. The number of aryl methyl sites for hydroxylation is 1. The molecule has 0 radical (unpaired) electrons. The summed E-state index contributed by atoms with van der Waals surface area (Å²) < 4.78 is 5.02. The van der Waals surface area contributed by atoms with Gasteiger partial charge in [0.2, 0.25) is 0 Å². The van der Waals surface area contributed by atoms with Crippen LogP contribution in [0.1, 0.15) is 33.3 Å². The fourth-order valence-corrected chi connectivity index (χ4v) is 2.53. The Morgan fingerprint density at radius 3 is 2.71 bits per heavy atom. The lowest BCUT2D eigenvalue weighted by Gasteiger charge is -2.09. The number of nitrogens with one attached hydrogen (secondary N) is 2. The molecule has 5 heteroatoms. The first-order valence-electron chi connectivity index (χ1n) is 7.75. The topological polar surface area (TPSA) is 71.2 Å².